The molecule has 0 unspecified atom stereocenters. The van der Waals surface area contributed by atoms with Gasteiger partial charge in [-0.2, -0.15) is 0 Å². The van der Waals surface area contributed by atoms with Gasteiger partial charge in [0.25, 0.3) is 0 Å². The second-order valence-electron chi connectivity index (χ2n) is 5.70. The number of benzene rings is 1. The van der Waals surface area contributed by atoms with Crippen molar-refractivity contribution in [3.05, 3.63) is 51.2 Å². The Morgan fingerprint density at radius 3 is 2.65 bits per heavy atom. The highest BCUT2D eigenvalue weighted by Gasteiger charge is 2.12. The zero-order valence-electron chi connectivity index (χ0n) is 13.7. The molecule has 0 amide bonds. The molecule has 0 radical (unpaired) electrons. The Hall–Kier alpha value is -1.14. The molecule has 1 aromatic carbocycles. The number of hydrogen-bond acceptors (Lipinski definition) is 3. The number of likely N-dealkylation sites (N-methyl/N-ethyl adjacent to an activating group) is 1. The topological polar surface area (TPSA) is 18.5 Å². The Bertz CT molecular complexity index is 641. The smallest absolute Gasteiger partial charge is 0.173 e. The first-order valence-electron chi connectivity index (χ1n) is 7.45. The molecule has 1 aromatic heterocycles. The molecule has 0 saturated heterocycles. The second-order valence-corrected chi connectivity index (χ2v) is 7.52. The van der Waals surface area contributed by atoms with Crippen molar-refractivity contribution >= 4 is 46.0 Å². The maximum absolute atomic E-state index is 6.19. The fraction of sp³-hybridized carbons (Fsp3) is 0.353. The molecule has 124 valence electrons. The van der Waals surface area contributed by atoms with E-state index in [-0.39, 0.29) is 0 Å². The van der Waals surface area contributed by atoms with Gasteiger partial charge in [-0.15, -0.1) is 11.3 Å². The molecule has 3 nitrogen and oxygen atoms in total. The van der Waals surface area contributed by atoms with Crippen molar-refractivity contribution in [3.8, 4) is 0 Å². The number of halogens is 1. The van der Waals surface area contributed by atoms with Crippen LogP contribution < -0.4 is 5.32 Å². The Kier molecular flexibility index (Phi) is 6.84. The highest BCUT2D eigenvalue weighted by Crippen LogP contribution is 2.21. The van der Waals surface area contributed by atoms with Crippen molar-refractivity contribution < 1.29 is 0 Å². The van der Waals surface area contributed by atoms with Crippen LogP contribution in [0.2, 0.25) is 5.02 Å². The van der Waals surface area contributed by atoms with E-state index in [1.54, 1.807) is 11.3 Å². The zero-order chi connectivity index (χ0) is 16.8. The summed E-state index contributed by atoms with van der Waals surface area (Å²) in [5, 5.41) is 6.87. The molecule has 0 fully saturated rings. The lowest BCUT2D eigenvalue weighted by molar-refractivity contribution is 0.329. The summed E-state index contributed by atoms with van der Waals surface area (Å²) in [6.45, 7) is 4.62. The third-order valence-corrected chi connectivity index (χ3v) is 5.08. The van der Waals surface area contributed by atoms with Gasteiger partial charge in [-0.1, -0.05) is 23.7 Å². The van der Waals surface area contributed by atoms with Crippen LogP contribution in [0.3, 0.4) is 0 Å². The van der Waals surface area contributed by atoms with Gasteiger partial charge in [-0.3, -0.25) is 0 Å². The Morgan fingerprint density at radius 2 is 2.04 bits per heavy atom. The van der Waals surface area contributed by atoms with Crippen LogP contribution >= 0.6 is 35.2 Å². The predicted octanol–water partition coefficient (Wildman–Crippen LogP) is 4.47. The van der Waals surface area contributed by atoms with E-state index in [1.165, 1.54) is 4.88 Å². The maximum Gasteiger partial charge on any atom is 0.173 e. The Labute approximate surface area is 152 Å². The minimum absolute atomic E-state index is 0.722. The maximum atomic E-state index is 6.19. The first kappa shape index (κ1) is 18.2. The lowest BCUT2D eigenvalue weighted by Gasteiger charge is -2.27. The molecule has 1 N–H and O–H groups in total. The molecule has 0 spiro atoms. The van der Waals surface area contributed by atoms with Gasteiger partial charge in [0.1, 0.15) is 0 Å². The van der Waals surface area contributed by atoms with Crippen molar-refractivity contribution in [1.82, 2.24) is 9.80 Å². The normalized spacial score (nSPS) is 10.8. The SMILES string of the molecule is Cc1ccc(NC(=S)N(CCN(C)C)Cc2cccs2)cc1Cl. The number of nitrogens with one attached hydrogen (secondary N) is 1. The quantitative estimate of drug-likeness (QED) is 0.759. The summed E-state index contributed by atoms with van der Waals surface area (Å²) in [5.41, 5.74) is 1.98. The van der Waals surface area contributed by atoms with Gasteiger partial charge >= 0.3 is 0 Å². The number of anilines is 1. The molecule has 0 aliphatic heterocycles. The monoisotopic (exact) mass is 367 g/mol. The highest BCUT2D eigenvalue weighted by molar-refractivity contribution is 7.80. The van der Waals surface area contributed by atoms with Gasteiger partial charge in [0.05, 0.1) is 6.54 Å². The second kappa shape index (κ2) is 8.64. The average Bonchev–Trinajstić information content (AvgIpc) is 3.00. The van der Waals surface area contributed by atoms with E-state index >= 15 is 0 Å². The molecule has 0 aliphatic carbocycles. The third kappa shape index (κ3) is 5.77. The van der Waals surface area contributed by atoms with Crippen molar-refractivity contribution in [2.24, 2.45) is 0 Å². The van der Waals surface area contributed by atoms with Gasteiger partial charge in [-0.05, 0) is 62.4 Å². The molecule has 1 heterocycles. The van der Waals surface area contributed by atoms with Crippen molar-refractivity contribution in [3.63, 3.8) is 0 Å². The van der Waals surface area contributed by atoms with Crippen LogP contribution in [0.1, 0.15) is 10.4 Å². The third-order valence-electron chi connectivity index (χ3n) is 3.45. The standard InChI is InChI=1S/C17H22ClN3S2/c1-13-6-7-14(11-16(13)18)19-17(22)21(9-8-20(2)3)12-15-5-4-10-23-15/h4-7,10-11H,8-9,12H2,1-3H3,(H,19,22). The van der Waals surface area contributed by atoms with Gasteiger partial charge < -0.3 is 15.1 Å². The van der Waals surface area contributed by atoms with E-state index in [1.807, 2.05) is 25.1 Å². The molecule has 6 heteroatoms. The number of hydrogen-bond donors (Lipinski definition) is 1. The number of nitrogens with zero attached hydrogens (tertiary/aromatic N) is 2. The summed E-state index contributed by atoms with van der Waals surface area (Å²) in [6.07, 6.45) is 0. The van der Waals surface area contributed by atoms with Gasteiger partial charge in [0.15, 0.2) is 5.11 Å². The summed E-state index contributed by atoms with van der Waals surface area (Å²) in [5.74, 6) is 0. The molecular formula is C17H22ClN3S2. The van der Waals surface area contributed by atoms with E-state index < -0.39 is 0 Å². The molecule has 2 aromatic rings. The summed E-state index contributed by atoms with van der Waals surface area (Å²) < 4.78 is 0. The van der Waals surface area contributed by atoms with Crippen LogP contribution in [0.4, 0.5) is 5.69 Å². The molecule has 0 bridgehead atoms. The lowest BCUT2D eigenvalue weighted by atomic mass is 10.2. The van der Waals surface area contributed by atoms with E-state index in [0.717, 1.165) is 41.0 Å². The summed E-state index contributed by atoms with van der Waals surface area (Å²) in [6, 6.07) is 10.1. The van der Waals surface area contributed by atoms with Gasteiger partial charge in [0.2, 0.25) is 0 Å². The number of rotatable bonds is 6. The minimum Gasteiger partial charge on any atom is -0.343 e. The van der Waals surface area contributed by atoms with E-state index in [4.69, 9.17) is 23.8 Å². The molecule has 2 rings (SSSR count). The van der Waals surface area contributed by atoms with E-state index in [2.05, 4.69) is 46.7 Å². The van der Waals surface area contributed by atoms with E-state index in [0.29, 0.717) is 0 Å². The largest absolute Gasteiger partial charge is 0.343 e. The minimum atomic E-state index is 0.722. The first-order valence-corrected chi connectivity index (χ1v) is 9.11. The molecule has 0 saturated carbocycles. The van der Waals surface area contributed by atoms with Crippen molar-refractivity contribution in [1.29, 1.82) is 0 Å². The summed E-state index contributed by atoms with van der Waals surface area (Å²) in [4.78, 5) is 5.65. The summed E-state index contributed by atoms with van der Waals surface area (Å²) in [7, 11) is 4.14. The van der Waals surface area contributed by atoms with Crippen molar-refractivity contribution in [2.45, 2.75) is 13.5 Å². The number of thiophene rings is 1. The summed E-state index contributed by atoms with van der Waals surface area (Å²) >= 11 is 13.6. The van der Waals surface area contributed by atoms with Crippen LogP contribution in [0.5, 0.6) is 0 Å². The average molecular weight is 368 g/mol. The van der Waals surface area contributed by atoms with Crippen LogP contribution in [-0.2, 0) is 6.54 Å². The van der Waals surface area contributed by atoms with Crippen molar-refractivity contribution in [2.75, 3.05) is 32.5 Å². The predicted molar refractivity (Wildman–Crippen MR) is 106 cm³/mol. The fourth-order valence-corrected chi connectivity index (χ4v) is 3.21. The highest BCUT2D eigenvalue weighted by atomic mass is 35.5. The van der Waals surface area contributed by atoms with E-state index in [9.17, 15) is 0 Å². The van der Waals surface area contributed by atoms with Crippen LogP contribution in [0, 0.1) is 6.92 Å². The Balaban J connectivity index is 2.06. The van der Waals surface area contributed by atoms with Gasteiger partial charge in [0, 0.05) is 28.7 Å². The molecule has 0 aliphatic rings. The molecule has 23 heavy (non-hydrogen) atoms. The molecule has 0 atom stereocenters. The number of thiocarbonyl (C=S) groups is 1. The van der Waals surface area contributed by atoms with Crippen LogP contribution in [0.15, 0.2) is 35.7 Å². The number of aryl methyl sites for hydroxylation is 1. The van der Waals surface area contributed by atoms with Crippen LogP contribution in [0.25, 0.3) is 0 Å². The Morgan fingerprint density at radius 1 is 1.26 bits per heavy atom. The molecular weight excluding hydrogens is 346 g/mol. The first-order chi connectivity index (χ1) is 11.0. The fourth-order valence-electron chi connectivity index (χ4n) is 2.04. The zero-order valence-corrected chi connectivity index (χ0v) is 16.1. The van der Waals surface area contributed by atoms with Gasteiger partial charge in [-0.25, -0.2) is 0 Å². The lowest BCUT2D eigenvalue weighted by Crippen LogP contribution is -2.38. The van der Waals surface area contributed by atoms with Crippen LogP contribution in [-0.4, -0.2) is 42.1 Å².